The zero-order valence-electron chi connectivity index (χ0n) is 10.7. The van der Waals surface area contributed by atoms with Crippen LogP contribution in [0.25, 0.3) is 11.1 Å². The Bertz CT molecular complexity index is 672. The second-order valence-electron chi connectivity index (χ2n) is 4.34. The number of thiophene rings is 1. The number of aromatic carboxylic acids is 1. The van der Waals surface area contributed by atoms with Gasteiger partial charge in [-0.1, -0.05) is 18.2 Å². The first-order chi connectivity index (χ1) is 9.23. The van der Waals surface area contributed by atoms with Crippen LogP contribution >= 0.6 is 11.3 Å². The molecule has 0 radical (unpaired) electrons. The van der Waals surface area contributed by atoms with Crippen molar-refractivity contribution in [1.82, 2.24) is 0 Å². The predicted molar refractivity (Wildman–Crippen MR) is 71.2 cm³/mol. The number of aryl methyl sites for hydroxylation is 1. The molecule has 2 rings (SSSR count). The van der Waals surface area contributed by atoms with Crippen LogP contribution < -0.4 is 0 Å². The Balaban J connectivity index is 2.73. The molecule has 0 saturated carbocycles. The maximum Gasteiger partial charge on any atom is 0.417 e. The van der Waals surface area contributed by atoms with Gasteiger partial charge >= 0.3 is 12.1 Å². The number of halogens is 3. The molecule has 6 heteroatoms. The van der Waals surface area contributed by atoms with Crippen LogP contribution in [0.15, 0.2) is 24.3 Å². The topological polar surface area (TPSA) is 37.3 Å². The first-order valence-corrected chi connectivity index (χ1v) is 6.55. The number of carbonyl (C=O) groups is 1. The summed E-state index contributed by atoms with van der Waals surface area (Å²) < 4.78 is 39.1. The Kier molecular flexibility index (Phi) is 3.60. The van der Waals surface area contributed by atoms with E-state index in [9.17, 15) is 18.0 Å². The lowest BCUT2D eigenvalue weighted by molar-refractivity contribution is -0.137. The van der Waals surface area contributed by atoms with E-state index in [1.807, 2.05) is 0 Å². The van der Waals surface area contributed by atoms with Gasteiger partial charge in [0, 0.05) is 4.88 Å². The number of benzene rings is 1. The number of carboxylic acid groups (broad SMARTS) is 1. The van der Waals surface area contributed by atoms with Gasteiger partial charge in [0.1, 0.15) is 4.88 Å². The minimum atomic E-state index is -4.47. The average molecular weight is 300 g/mol. The van der Waals surface area contributed by atoms with Crippen molar-refractivity contribution < 1.29 is 23.1 Å². The van der Waals surface area contributed by atoms with E-state index in [4.69, 9.17) is 5.11 Å². The molecule has 0 spiro atoms. The predicted octanol–water partition coefficient (Wildman–Crippen LogP) is 4.75. The van der Waals surface area contributed by atoms with E-state index >= 15 is 0 Å². The highest BCUT2D eigenvalue weighted by atomic mass is 32.1. The van der Waals surface area contributed by atoms with E-state index in [0.717, 1.165) is 17.4 Å². The van der Waals surface area contributed by atoms with Gasteiger partial charge in [-0.2, -0.15) is 13.2 Å². The van der Waals surface area contributed by atoms with Gasteiger partial charge in [0.25, 0.3) is 0 Å². The van der Waals surface area contributed by atoms with E-state index in [0.29, 0.717) is 16.0 Å². The molecular formula is C14H11F3O2S. The molecule has 0 saturated heterocycles. The molecule has 0 bridgehead atoms. The lowest BCUT2D eigenvalue weighted by atomic mass is 9.96. The minimum Gasteiger partial charge on any atom is -0.477 e. The fourth-order valence-electron chi connectivity index (χ4n) is 2.20. The lowest BCUT2D eigenvalue weighted by Crippen LogP contribution is -2.07. The first kappa shape index (κ1) is 14.6. The molecule has 0 fully saturated rings. The van der Waals surface area contributed by atoms with E-state index in [1.54, 1.807) is 6.92 Å². The van der Waals surface area contributed by atoms with Gasteiger partial charge in [-0.3, -0.25) is 0 Å². The maximum atomic E-state index is 13.0. The molecular weight excluding hydrogens is 289 g/mol. The third-order valence-electron chi connectivity index (χ3n) is 3.02. The van der Waals surface area contributed by atoms with Crippen molar-refractivity contribution in [2.75, 3.05) is 0 Å². The summed E-state index contributed by atoms with van der Waals surface area (Å²) in [6.45, 7) is 3.17. The lowest BCUT2D eigenvalue weighted by Gasteiger charge is -2.13. The molecule has 0 aliphatic heterocycles. The first-order valence-electron chi connectivity index (χ1n) is 5.73. The molecule has 2 nitrogen and oxygen atoms in total. The smallest absolute Gasteiger partial charge is 0.417 e. The quantitative estimate of drug-likeness (QED) is 0.869. The molecule has 2 aromatic rings. The molecule has 20 heavy (non-hydrogen) atoms. The summed E-state index contributed by atoms with van der Waals surface area (Å²) in [4.78, 5) is 11.7. The standard InChI is InChI=1S/C14H11F3O2S/c1-7-11(8(2)20-12(7)13(18)19)9-5-3-4-6-10(9)14(15,16)17/h3-6H,1-2H3,(H,18,19). The monoisotopic (exact) mass is 300 g/mol. The van der Waals surface area contributed by atoms with Crippen LogP contribution in [0.1, 0.15) is 25.7 Å². The van der Waals surface area contributed by atoms with Crippen LogP contribution in [0, 0.1) is 13.8 Å². The Hall–Kier alpha value is -1.82. The summed E-state index contributed by atoms with van der Waals surface area (Å²) >= 11 is 0.996. The Labute approximate surface area is 117 Å². The zero-order chi connectivity index (χ0) is 15.1. The van der Waals surface area contributed by atoms with Crippen LogP contribution in [0.5, 0.6) is 0 Å². The van der Waals surface area contributed by atoms with Crippen molar-refractivity contribution in [1.29, 1.82) is 0 Å². The molecule has 1 heterocycles. The van der Waals surface area contributed by atoms with Crippen LogP contribution in [0.3, 0.4) is 0 Å². The molecule has 1 aromatic carbocycles. The highest BCUT2D eigenvalue weighted by Gasteiger charge is 2.34. The van der Waals surface area contributed by atoms with Gasteiger partial charge in [0.15, 0.2) is 0 Å². The normalized spacial score (nSPS) is 11.7. The minimum absolute atomic E-state index is 0.0266. The SMILES string of the molecule is Cc1sc(C(=O)O)c(C)c1-c1ccccc1C(F)(F)F. The second-order valence-corrected chi connectivity index (χ2v) is 5.56. The number of alkyl halides is 3. The highest BCUT2D eigenvalue weighted by molar-refractivity contribution is 7.14. The van der Waals surface area contributed by atoms with Gasteiger partial charge < -0.3 is 5.11 Å². The molecule has 1 aromatic heterocycles. The van der Waals surface area contributed by atoms with Crippen molar-refractivity contribution >= 4 is 17.3 Å². The zero-order valence-corrected chi connectivity index (χ0v) is 11.5. The second kappa shape index (κ2) is 4.94. The summed E-state index contributed by atoms with van der Waals surface area (Å²) in [5, 5.41) is 9.07. The summed E-state index contributed by atoms with van der Waals surface area (Å²) in [6, 6.07) is 5.21. The average Bonchev–Trinajstić information content (AvgIpc) is 2.64. The van der Waals surface area contributed by atoms with Crippen LogP contribution in [-0.4, -0.2) is 11.1 Å². The maximum absolute atomic E-state index is 13.0. The van der Waals surface area contributed by atoms with Gasteiger partial charge in [-0.05, 0) is 36.6 Å². The summed E-state index contributed by atoms with van der Waals surface area (Å²) in [7, 11) is 0. The van der Waals surface area contributed by atoms with E-state index in [1.165, 1.54) is 25.1 Å². The molecule has 0 unspecified atom stereocenters. The summed E-state index contributed by atoms with van der Waals surface area (Å²) in [5.74, 6) is -1.12. The Morgan fingerprint density at radius 3 is 2.30 bits per heavy atom. The Morgan fingerprint density at radius 1 is 1.20 bits per heavy atom. The number of rotatable bonds is 2. The molecule has 106 valence electrons. The van der Waals surface area contributed by atoms with E-state index < -0.39 is 17.7 Å². The van der Waals surface area contributed by atoms with Crippen molar-refractivity contribution in [3.05, 3.63) is 45.1 Å². The van der Waals surface area contributed by atoms with Crippen molar-refractivity contribution in [3.8, 4) is 11.1 Å². The number of hydrogen-bond acceptors (Lipinski definition) is 2. The van der Waals surface area contributed by atoms with Crippen molar-refractivity contribution in [2.24, 2.45) is 0 Å². The van der Waals surface area contributed by atoms with Gasteiger partial charge in [0.05, 0.1) is 5.56 Å². The van der Waals surface area contributed by atoms with Crippen molar-refractivity contribution in [3.63, 3.8) is 0 Å². The molecule has 0 amide bonds. The van der Waals surface area contributed by atoms with E-state index in [2.05, 4.69) is 0 Å². The largest absolute Gasteiger partial charge is 0.477 e. The number of hydrogen-bond donors (Lipinski definition) is 1. The molecule has 0 aliphatic carbocycles. The fourth-order valence-corrected chi connectivity index (χ4v) is 3.22. The highest BCUT2D eigenvalue weighted by Crippen LogP contribution is 2.42. The van der Waals surface area contributed by atoms with Crippen LogP contribution in [0.4, 0.5) is 13.2 Å². The van der Waals surface area contributed by atoms with Crippen LogP contribution in [-0.2, 0) is 6.18 Å². The van der Waals surface area contributed by atoms with Gasteiger partial charge in [-0.15, -0.1) is 11.3 Å². The van der Waals surface area contributed by atoms with Crippen molar-refractivity contribution in [2.45, 2.75) is 20.0 Å². The third-order valence-corrected chi connectivity index (χ3v) is 4.21. The Morgan fingerprint density at radius 2 is 1.80 bits per heavy atom. The van der Waals surface area contributed by atoms with Crippen LogP contribution in [0.2, 0.25) is 0 Å². The molecule has 0 aliphatic rings. The fraction of sp³-hybridized carbons (Fsp3) is 0.214. The van der Waals surface area contributed by atoms with Gasteiger partial charge in [-0.25, -0.2) is 4.79 Å². The van der Waals surface area contributed by atoms with E-state index in [-0.39, 0.29) is 10.4 Å². The third kappa shape index (κ3) is 2.43. The summed E-state index contributed by atoms with van der Waals surface area (Å²) in [6.07, 6.45) is -4.47. The molecule has 1 N–H and O–H groups in total. The van der Waals surface area contributed by atoms with Gasteiger partial charge in [0.2, 0.25) is 0 Å². The number of carboxylic acids is 1. The summed E-state index contributed by atoms with van der Waals surface area (Å²) in [5.41, 5.74) is 0.0108. The molecule has 0 atom stereocenters.